The fourth-order valence-corrected chi connectivity index (χ4v) is 3.05. The number of rotatable bonds is 6. The van der Waals surface area contributed by atoms with Crippen molar-refractivity contribution in [3.05, 3.63) is 100 Å². The summed E-state index contributed by atoms with van der Waals surface area (Å²) < 4.78 is 5.77. The number of carbonyl (C=O) groups excluding carboxylic acids is 2. The number of hydrogen-bond acceptors (Lipinski definition) is 3. The van der Waals surface area contributed by atoms with Gasteiger partial charge in [0.15, 0.2) is 0 Å². The highest BCUT2D eigenvalue weighted by molar-refractivity contribution is 9.10. The minimum Gasteiger partial charge on any atom is -0.497 e. The minimum absolute atomic E-state index is 0.132. The average Bonchev–Trinajstić information content (AvgIpc) is 2.74. The van der Waals surface area contributed by atoms with Crippen LogP contribution in [0.1, 0.15) is 15.9 Å². The lowest BCUT2D eigenvalue weighted by Crippen LogP contribution is -2.31. The summed E-state index contributed by atoms with van der Waals surface area (Å²) in [5.41, 5.74) is 1.95. The van der Waals surface area contributed by atoms with E-state index in [9.17, 15) is 9.59 Å². The molecule has 0 spiro atoms. The molecule has 0 aliphatic carbocycles. The van der Waals surface area contributed by atoms with Crippen LogP contribution in [0.2, 0.25) is 0 Å². The lowest BCUT2D eigenvalue weighted by atomic mass is 10.1. The number of hydrogen-bond donors (Lipinski definition) is 2. The maximum absolute atomic E-state index is 12.9. The van der Waals surface area contributed by atoms with E-state index in [1.54, 1.807) is 55.7 Å². The van der Waals surface area contributed by atoms with Crippen LogP contribution in [0.4, 0.5) is 5.69 Å². The fourth-order valence-electron chi connectivity index (χ4n) is 2.58. The molecule has 2 amide bonds. The lowest BCUT2D eigenvalue weighted by Gasteiger charge is -2.12. The van der Waals surface area contributed by atoms with Gasteiger partial charge in [-0.3, -0.25) is 9.59 Å². The zero-order valence-corrected chi connectivity index (χ0v) is 17.3. The molecule has 0 aliphatic rings. The molecule has 0 fully saturated rings. The monoisotopic (exact) mass is 450 g/mol. The summed E-state index contributed by atoms with van der Waals surface area (Å²) in [6, 6.07) is 23.3. The van der Waals surface area contributed by atoms with Gasteiger partial charge in [-0.25, -0.2) is 0 Å². The fraction of sp³-hybridized carbons (Fsp3) is 0.0435. The second kappa shape index (κ2) is 9.71. The van der Waals surface area contributed by atoms with E-state index in [0.717, 1.165) is 5.56 Å². The van der Waals surface area contributed by atoms with E-state index in [1.807, 2.05) is 36.4 Å². The van der Waals surface area contributed by atoms with Crippen molar-refractivity contribution in [3.8, 4) is 5.75 Å². The van der Waals surface area contributed by atoms with E-state index in [4.69, 9.17) is 4.74 Å². The molecule has 0 aliphatic heterocycles. The first kappa shape index (κ1) is 20.4. The predicted molar refractivity (Wildman–Crippen MR) is 118 cm³/mol. The third kappa shape index (κ3) is 5.56. The summed E-state index contributed by atoms with van der Waals surface area (Å²) in [5, 5.41) is 5.52. The predicted octanol–water partition coefficient (Wildman–Crippen LogP) is 4.87. The van der Waals surface area contributed by atoms with Gasteiger partial charge in [-0.05, 0) is 64.0 Å². The van der Waals surface area contributed by atoms with Gasteiger partial charge < -0.3 is 15.4 Å². The van der Waals surface area contributed by atoms with E-state index < -0.39 is 5.91 Å². The number of amides is 2. The second-order valence-electron chi connectivity index (χ2n) is 6.09. The Hall–Kier alpha value is -3.38. The molecule has 3 aromatic carbocycles. The first-order chi connectivity index (χ1) is 14.1. The number of ether oxygens (including phenoxy) is 1. The maximum atomic E-state index is 12.9. The highest BCUT2D eigenvalue weighted by Crippen LogP contribution is 2.18. The Kier molecular flexibility index (Phi) is 6.81. The van der Waals surface area contributed by atoms with Crippen LogP contribution in [0.5, 0.6) is 5.75 Å². The van der Waals surface area contributed by atoms with Crippen LogP contribution < -0.4 is 15.4 Å². The van der Waals surface area contributed by atoms with Crippen LogP contribution in [0, 0.1) is 0 Å². The van der Waals surface area contributed by atoms with Crippen molar-refractivity contribution in [2.45, 2.75) is 0 Å². The molecule has 3 aromatic rings. The molecule has 6 heteroatoms. The normalized spacial score (nSPS) is 10.9. The van der Waals surface area contributed by atoms with Crippen LogP contribution in [0.15, 0.2) is 89.0 Å². The van der Waals surface area contributed by atoms with Crippen LogP contribution >= 0.6 is 15.9 Å². The topological polar surface area (TPSA) is 67.4 Å². The van der Waals surface area contributed by atoms with Crippen molar-refractivity contribution in [1.82, 2.24) is 5.32 Å². The molecule has 29 heavy (non-hydrogen) atoms. The van der Waals surface area contributed by atoms with Gasteiger partial charge in [-0.2, -0.15) is 0 Å². The molecule has 0 heterocycles. The van der Waals surface area contributed by atoms with Crippen molar-refractivity contribution in [1.29, 1.82) is 0 Å². The highest BCUT2D eigenvalue weighted by Gasteiger charge is 2.16. The van der Waals surface area contributed by atoms with Crippen molar-refractivity contribution in [2.24, 2.45) is 0 Å². The van der Waals surface area contributed by atoms with Crippen molar-refractivity contribution >= 4 is 39.5 Å². The van der Waals surface area contributed by atoms with Gasteiger partial charge in [0.25, 0.3) is 11.8 Å². The molecule has 0 unspecified atom stereocenters. The zero-order valence-electron chi connectivity index (χ0n) is 15.7. The summed E-state index contributed by atoms with van der Waals surface area (Å²) in [6.45, 7) is 0. The lowest BCUT2D eigenvalue weighted by molar-refractivity contribution is -0.113. The van der Waals surface area contributed by atoms with Crippen LogP contribution in [-0.4, -0.2) is 18.9 Å². The molecule has 0 radical (unpaired) electrons. The second-order valence-corrected chi connectivity index (χ2v) is 6.94. The molecule has 2 N–H and O–H groups in total. The Morgan fingerprint density at radius 3 is 2.21 bits per heavy atom. The number of benzene rings is 3. The van der Waals surface area contributed by atoms with Gasteiger partial charge >= 0.3 is 0 Å². The van der Waals surface area contributed by atoms with Crippen molar-refractivity contribution in [2.75, 3.05) is 12.4 Å². The van der Waals surface area contributed by atoms with E-state index >= 15 is 0 Å². The number of anilines is 1. The quantitative estimate of drug-likeness (QED) is 0.526. The van der Waals surface area contributed by atoms with Crippen LogP contribution in [0.3, 0.4) is 0 Å². The third-order valence-electron chi connectivity index (χ3n) is 4.07. The third-order valence-corrected chi connectivity index (χ3v) is 4.76. The Balaban J connectivity index is 1.86. The molecule has 0 saturated heterocycles. The molecule has 3 rings (SSSR count). The summed E-state index contributed by atoms with van der Waals surface area (Å²) in [6.07, 6.45) is 1.63. The Labute approximate surface area is 177 Å². The van der Waals surface area contributed by atoms with Crippen molar-refractivity contribution < 1.29 is 14.3 Å². The zero-order chi connectivity index (χ0) is 20.6. The Morgan fingerprint density at radius 2 is 1.55 bits per heavy atom. The molecule has 0 atom stereocenters. The molecule has 0 aromatic heterocycles. The molecule has 0 saturated carbocycles. The largest absolute Gasteiger partial charge is 0.497 e. The van der Waals surface area contributed by atoms with Gasteiger partial charge in [0, 0.05) is 10.2 Å². The van der Waals surface area contributed by atoms with E-state index in [2.05, 4.69) is 26.6 Å². The summed E-state index contributed by atoms with van der Waals surface area (Å²) in [5.74, 6) is -0.130. The van der Waals surface area contributed by atoms with Crippen LogP contribution in [0.25, 0.3) is 6.08 Å². The van der Waals surface area contributed by atoms with Gasteiger partial charge in [-0.15, -0.1) is 0 Å². The summed E-state index contributed by atoms with van der Waals surface area (Å²) in [7, 11) is 1.57. The van der Waals surface area contributed by atoms with E-state index in [1.165, 1.54) is 0 Å². The summed E-state index contributed by atoms with van der Waals surface area (Å²) >= 11 is 3.37. The Morgan fingerprint density at radius 1 is 0.897 bits per heavy atom. The molecular weight excluding hydrogens is 432 g/mol. The standard InChI is InChI=1S/C23H19BrN2O3/c1-29-18-13-11-17(12-14-18)25-23(28)21(15-16-7-3-2-4-8-16)26-22(27)19-9-5-6-10-20(19)24/h2-15H,1H3,(H,25,28)(H,26,27)/b21-15-. The Bertz CT molecular complexity index is 1030. The van der Waals surface area contributed by atoms with Gasteiger partial charge in [0.05, 0.1) is 12.7 Å². The van der Waals surface area contributed by atoms with Gasteiger partial charge in [0.1, 0.15) is 11.4 Å². The summed E-state index contributed by atoms with van der Waals surface area (Å²) in [4.78, 5) is 25.6. The maximum Gasteiger partial charge on any atom is 0.272 e. The number of methoxy groups -OCH3 is 1. The molecular formula is C23H19BrN2O3. The number of nitrogens with one attached hydrogen (secondary N) is 2. The minimum atomic E-state index is -0.431. The van der Waals surface area contributed by atoms with Crippen LogP contribution in [-0.2, 0) is 4.79 Å². The first-order valence-electron chi connectivity index (χ1n) is 8.85. The molecule has 146 valence electrons. The van der Waals surface area contributed by atoms with Crippen molar-refractivity contribution in [3.63, 3.8) is 0 Å². The molecule has 0 bridgehead atoms. The van der Waals surface area contributed by atoms with E-state index in [-0.39, 0.29) is 11.6 Å². The smallest absolute Gasteiger partial charge is 0.272 e. The van der Waals surface area contributed by atoms with Gasteiger partial charge in [-0.1, -0.05) is 42.5 Å². The van der Waals surface area contributed by atoms with Gasteiger partial charge in [0.2, 0.25) is 0 Å². The number of carbonyl (C=O) groups is 2. The average molecular weight is 451 g/mol. The van der Waals surface area contributed by atoms with E-state index in [0.29, 0.717) is 21.5 Å². The first-order valence-corrected chi connectivity index (χ1v) is 9.64. The molecule has 5 nitrogen and oxygen atoms in total. The highest BCUT2D eigenvalue weighted by atomic mass is 79.9. The SMILES string of the molecule is COc1ccc(NC(=O)/C(=C/c2ccccc2)NC(=O)c2ccccc2Br)cc1. The number of halogens is 1.